The van der Waals surface area contributed by atoms with Gasteiger partial charge in [0.05, 0.1) is 0 Å². The van der Waals surface area contributed by atoms with Crippen LogP contribution in [0.5, 0.6) is 5.75 Å². The zero-order valence-electron chi connectivity index (χ0n) is 12.4. The number of aryl methyl sites for hydroxylation is 2. The molecule has 0 aliphatic carbocycles. The molecular formula is C16H17N3O2S. The maximum absolute atomic E-state index is 11.8. The van der Waals surface area contributed by atoms with E-state index in [4.69, 9.17) is 17.0 Å². The fourth-order valence-electron chi connectivity index (χ4n) is 1.70. The Balaban J connectivity index is 1.80. The number of carbonyl (C=O) groups is 1. The van der Waals surface area contributed by atoms with Gasteiger partial charge in [0, 0.05) is 6.20 Å². The molecule has 5 nitrogen and oxygen atoms in total. The molecular weight excluding hydrogens is 298 g/mol. The third-order valence-electron chi connectivity index (χ3n) is 2.89. The lowest BCUT2D eigenvalue weighted by Crippen LogP contribution is -2.37. The van der Waals surface area contributed by atoms with Gasteiger partial charge >= 0.3 is 0 Å². The number of anilines is 1. The van der Waals surface area contributed by atoms with Crippen LogP contribution >= 0.6 is 12.2 Å². The number of aromatic nitrogens is 1. The summed E-state index contributed by atoms with van der Waals surface area (Å²) in [7, 11) is 0. The Morgan fingerprint density at radius 1 is 1.23 bits per heavy atom. The van der Waals surface area contributed by atoms with Gasteiger partial charge in [-0.1, -0.05) is 23.8 Å². The van der Waals surface area contributed by atoms with Gasteiger partial charge in [0.2, 0.25) is 0 Å². The summed E-state index contributed by atoms with van der Waals surface area (Å²) in [5.74, 6) is 0.930. The van der Waals surface area contributed by atoms with E-state index in [0.717, 1.165) is 11.1 Å². The van der Waals surface area contributed by atoms with E-state index in [-0.39, 0.29) is 17.6 Å². The van der Waals surface area contributed by atoms with Gasteiger partial charge in [-0.05, 0) is 49.8 Å². The average molecular weight is 315 g/mol. The normalized spacial score (nSPS) is 9.91. The summed E-state index contributed by atoms with van der Waals surface area (Å²) < 4.78 is 5.38. The van der Waals surface area contributed by atoms with Crippen LogP contribution in [0.15, 0.2) is 42.6 Å². The van der Waals surface area contributed by atoms with E-state index in [1.54, 1.807) is 6.20 Å². The molecule has 0 atom stereocenters. The molecule has 2 N–H and O–H groups in total. The van der Waals surface area contributed by atoms with E-state index in [0.29, 0.717) is 11.6 Å². The number of hydrogen-bond donors (Lipinski definition) is 2. The number of carbonyl (C=O) groups excluding carboxylic acids is 1. The zero-order chi connectivity index (χ0) is 15.9. The van der Waals surface area contributed by atoms with Crippen molar-refractivity contribution in [1.29, 1.82) is 0 Å². The van der Waals surface area contributed by atoms with Crippen molar-refractivity contribution in [3.63, 3.8) is 0 Å². The van der Waals surface area contributed by atoms with E-state index < -0.39 is 0 Å². The van der Waals surface area contributed by atoms with E-state index in [9.17, 15) is 4.79 Å². The van der Waals surface area contributed by atoms with Crippen LogP contribution in [0.1, 0.15) is 11.1 Å². The van der Waals surface area contributed by atoms with Crippen molar-refractivity contribution >= 4 is 29.1 Å². The number of amides is 1. The molecule has 6 heteroatoms. The molecule has 0 unspecified atom stereocenters. The molecule has 1 aromatic carbocycles. The maximum atomic E-state index is 11.8. The summed E-state index contributed by atoms with van der Waals surface area (Å²) in [6, 6.07) is 11.2. The van der Waals surface area contributed by atoms with Crippen LogP contribution < -0.4 is 15.4 Å². The summed E-state index contributed by atoms with van der Waals surface area (Å²) in [5, 5.41) is 5.63. The lowest BCUT2D eigenvalue weighted by Gasteiger charge is -2.11. The Morgan fingerprint density at radius 3 is 2.64 bits per heavy atom. The molecule has 1 amide bonds. The number of pyridine rings is 1. The second-order valence-electron chi connectivity index (χ2n) is 4.77. The quantitative estimate of drug-likeness (QED) is 0.849. The topological polar surface area (TPSA) is 63.2 Å². The lowest BCUT2D eigenvalue weighted by molar-refractivity contribution is -0.121. The van der Waals surface area contributed by atoms with Crippen molar-refractivity contribution in [2.24, 2.45) is 0 Å². The van der Waals surface area contributed by atoms with E-state index in [1.807, 2.05) is 50.2 Å². The van der Waals surface area contributed by atoms with Crippen molar-refractivity contribution in [3.8, 4) is 5.75 Å². The SMILES string of the molecule is Cc1ccc(OCC(=O)NC(=S)Nc2ncccc2C)cc1. The number of nitrogens with zero attached hydrogens (tertiary/aromatic N) is 1. The smallest absolute Gasteiger partial charge is 0.264 e. The first-order valence-corrected chi connectivity index (χ1v) is 7.17. The molecule has 0 spiro atoms. The summed E-state index contributed by atoms with van der Waals surface area (Å²) in [6.45, 7) is 3.78. The van der Waals surface area contributed by atoms with Crippen LogP contribution in [0, 0.1) is 13.8 Å². The number of ether oxygens (including phenoxy) is 1. The van der Waals surface area contributed by atoms with Gasteiger partial charge in [0.1, 0.15) is 11.6 Å². The second kappa shape index (κ2) is 7.51. The Morgan fingerprint density at radius 2 is 1.95 bits per heavy atom. The minimum atomic E-state index is -0.327. The molecule has 22 heavy (non-hydrogen) atoms. The van der Waals surface area contributed by atoms with Crippen molar-refractivity contribution in [3.05, 3.63) is 53.7 Å². The third-order valence-corrected chi connectivity index (χ3v) is 3.09. The monoisotopic (exact) mass is 315 g/mol. The fraction of sp³-hybridized carbons (Fsp3) is 0.188. The van der Waals surface area contributed by atoms with Crippen LogP contribution in [0.4, 0.5) is 5.82 Å². The first-order chi connectivity index (χ1) is 10.5. The molecule has 0 aliphatic rings. The number of nitrogens with one attached hydrogen (secondary N) is 2. The zero-order valence-corrected chi connectivity index (χ0v) is 13.2. The van der Waals surface area contributed by atoms with Crippen LogP contribution in [-0.4, -0.2) is 22.6 Å². The lowest BCUT2D eigenvalue weighted by atomic mass is 10.2. The molecule has 114 valence electrons. The second-order valence-corrected chi connectivity index (χ2v) is 5.18. The molecule has 1 aromatic heterocycles. The Bertz CT molecular complexity index is 671. The Hall–Kier alpha value is -2.47. The highest BCUT2D eigenvalue weighted by Crippen LogP contribution is 2.11. The minimum Gasteiger partial charge on any atom is -0.484 e. The predicted octanol–water partition coefficient (Wildman–Crippen LogP) is 2.59. The van der Waals surface area contributed by atoms with Gasteiger partial charge in [-0.2, -0.15) is 0 Å². The van der Waals surface area contributed by atoms with Gasteiger partial charge in [0.25, 0.3) is 5.91 Å². The Labute approximate surface area is 134 Å². The van der Waals surface area contributed by atoms with Gasteiger partial charge in [-0.15, -0.1) is 0 Å². The third kappa shape index (κ3) is 4.82. The average Bonchev–Trinajstić information content (AvgIpc) is 2.49. The molecule has 1 heterocycles. The van der Waals surface area contributed by atoms with Gasteiger partial charge in [0.15, 0.2) is 11.7 Å². The van der Waals surface area contributed by atoms with Gasteiger partial charge in [-0.3, -0.25) is 10.1 Å². The summed E-state index contributed by atoms with van der Waals surface area (Å²) in [4.78, 5) is 15.9. The van der Waals surface area contributed by atoms with Gasteiger partial charge < -0.3 is 10.1 Å². The fourth-order valence-corrected chi connectivity index (χ4v) is 1.91. The van der Waals surface area contributed by atoms with Crippen LogP contribution in [0.3, 0.4) is 0 Å². The molecule has 2 rings (SSSR count). The molecule has 0 aliphatic heterocycles. The van der Waals surface area contributed by atoms with Crippen LogP contribution in [-0.2, 0) is 4.79 Å². The molecule has 0 saturated heterocycles. The van der Waals surface area contributed by atoms with E-state index >= 15 is 0 Å². The van der Waals surface area contributed by atoms with Crippen LogP contribution in [0.2, 0.25) is 0 Å². The molecule has 0 saturated carbocycles. The number of benzene rings is 1. The molecule has 0 bridgehead atoms. The highest BCUT2D eigenvalue weighted by Gasteiger charge is 2.07. The summed E-state index contributed by atoms with van der Waals surface area (Å²) in [5.41, 5.74) is 2.07. The van der Waals surface area contributed by atoms with Crippen LogP contribution in [0.25, 0.3) is 0 Å². The van der Waals surface area contributed by atoms with Crippen molar-refractivity contribution < 1.29 is 9.53 Å². The Kier molecular flexibility index (Phi) is 5.43. The standard InChI is InChI=1S/C16H17N3O2S/c1-11-5-7-13(8-6-11)21-10-14(20)18-16(22)19-15-12(2)4-3-9-17-15/h3-9H,10H2,1-2H3,(H2,17,18,19,20,22). The number of rotatable bonds is 4. The van der Waals surface area contributed by atoms with E-state index in [2.05, 4.69) is 15.6 Å². The summed E-state index contributed by atoms with van der Waals surface area (Å²) in [6.07, 6.45) is 1.65. The molecule has 0 fully saturated rings. The van der Waals surface area contributed by atoms with Gasteiger partial charge in [-0.25, -0.2) is 4.98 Å². The highest BCUT2D eigenvalue weighted by atomic mass is 32.1. The highest BCUT2D eigenvalue weighted by molar-refractivity contribution is 7.80. The number of hydrogen-bond acceptors (Lipinski definition) is 4. The molecule has 2 aromatic rings. The molecule has 0 radical (unpaired) electrons. The van der Waals surface area contributed by atoms with Crippen molar-refractivity contribution in [2.45, 2.75) is 13.8 Å². The summed E-state index contributed by atoms with van der Waals surface area (Å²) >= 11 is 5.08. The minimum absolute atomic E-state index is 0.105. The first-order valence-electron chi connectivity index (χ1n) is 6.76. The van der Waals surface area contributed by atoms with Crippen molar-refractivity contribution in [1.82, 2.24) is 10.3 Å². The predicted molar refractivity (Wildman–Crippen MR) is 90.0 cm³/mol. The largest absolute Gasteiger partial charge is 0.484 e. The first kappa shape index (κ1) is 15.9. The maximum Gasteiger partial charge on any atom is 0.264 e. The van der Waals surface area contributed by atoms with E-state index in [1.165, 1.54) is 0 Å². The number of thiocarbonyl (C=S) groups is 1. The van der Waals surface area contributed by atoms with Crippen molar-refractivity contribution in [2.75, 3.05) is 11.9 Å².